The summed E-state index contributed by atoms with van der Waals surface area (Å²) in [6.45, 7) is 0. The number of hydrogen-bond acceptors (Lipinski definition) is 6. The van der Waals surface area contributed by atoms with Gasteiger partial charge in [-0.15, -0.1) is 0 Å². The maximum Gasteiger partial charge on any atom is 2.00 e. The molecule has 0 rings (SSSR count). The van der Waals surface area contributed by atoms with Crippen molar-refractivity contribution in [1.82, 2.24) is 0 Å². The Morgan fingerprint density at radius 2 is 0.706 bits per heavy atom. The molecule has 73 valence electrons. The minimum atomic E-state index is -6.17. The second kappa shape index (κ2) is 11.1. The monoisotopic (exact) mass is 528 g/mol. The van der Waals surface area contributed by atoms with Crippen LogP contribution in [0.3, 0.4) is 0 Å². The van der Waals surface area contributed by atoms with Crippen LogP contribution in [0.2, 0.25) is 0 Å². The van der Waals surface area contributed by atoms with Gasteiger partial charge in [0.25, 0.3) is 0 Å². The third kappa shape index (κ3) is 5.30. The summed E-state index contributed by atoms with van der Waals surface area (Å²) in [4.78, 5) is 6.19. The van der Waals surface area contributed by atoms with Crippen molar-refractivity contribution in [2.24, 2.45) is 0 Å². The van der Waals surface area contributed by atoms with Gasteiger partial charge in [0.2, 0.25) is 0 Å². The van der Waals surface area contributed by atoms with Crippen LogP contribution in [0.25, 0.3) is 0 Å². The van der Waals surface area contributed by atoms with E-state index in [2.05, 4.69) is 0 Å². The van der Waals surface area contributed by atoms with Crippen LogP contribution in [0.1, 0.15) is 0 Å². The van der Waals surface area contributed by atoms with Gasteiger partial charge in [0.05, 0.1) is 0 Å². The fourth-order valence-corrected chi connectivity index (χ4v) is 1.09. The first kappa shape index (κ1) is 32.4. The molecule has 17 heavy (non-hydrogen) atoms. The summed E-state index contributed by atoms with van der Waals surface area (Å²) < 4.78 is 0. The summed E-state index contributed by atoms with van der Waals surface area (Å²) in [6.07, 6.45) is 0. The molecule has 0 aromatic rings. The molecular formula is C6CoCsFeKN6Rb+. The molecule has 0 fully saturated rings. The molecule has 0 aliphatic rings. The van der Waals surface area contributed by atoms with Crippen LogP contribution in [-0.2, 0) is 27.5 Å². The van der Waals surface area contributed by atoms with Crippen molar-refractivity contribution in [1.29, 1.82) is 31.6 Å². The smallest absolute Gasteiger partial charge is 1.00 e. The van der Waals surface area contributed by atoms with E-state index < -0.39 is 10.7 Å². The van der Waals surface area contributed by atoms with Crippen LogP contribution in [0.15, 0.2) is 0 Å². The zero-order valence-electron chi connectivity index (χ0n) is 9.37. The molecule has 6 nitrogen and oxygen atoms in total. The number of hydrogen-bond donors (Lipinski definition) is 0. The van der Waals surface area contributed by atoms with Gasteiger partial charge >= 0.3 is 267 Å². The van der Waals surface area contributed by atoms with Crippen molar-refractivity contribution >= 4 is 0 Å². The van der Waals surface area contributed by atoms with E-state index in [9.17, 15) is 0 Å². The Morgan fingerprint density at radius 3 is 0.706 bits per heavy atom. The van der Waals surface area contributed by atoms with E-state index in [4.69, 9.17) is 31.6 Å². The van der Waals surface area contributed by atoms with Crippen molar-refractivity contribution in [3.05, 3.63) is 0 Å². The summed E-state index contributed by atoms with van der Waals surface area (Å²) in [5.74, 6) is 0. The zero-order valence-corrected chi connectivity index (χ0v) is 25.8. The fraction of sp³-hybridized carbons (Fsp3) is 0. The molecule has 0 N–H and O–H groups in total. The van der Waals surface area contributed by atoms with E-state index in [1.807, 2.05) is 0 Å². The van der Waals surface area contributed by atoms with Crippen LogP contribution >= 0.6 is 0 Å². The molecule has 0 bridgehead atoms. The predicted octanol–water partition coefficient (Wildman–Crippen LogP) is -8.89. The van der Waals surface area contributed by atoms with E-state index >= 15 is 0 Å². The minimum absolute atomic E-state index is 0. The molecular weight excluding hydrogens is 528 g/mol. The average molecular weight is 528 g/mol. The first-order valence-electron chi connectivity index (χ1n) is 2.40. The molecule has 0 heterocycles. The number of nitrogens with zero attached hydrogens (tertiary/aromatic N) is 6. The average Bonchev–Trinajstić information content (AvgIpc) is 2.26. The Kier molecular flexibility index (Phi) is 21.1. The summed E-state index contributed by atoms with van der Waals surface area (Å²) in [7, 11) is -6.17. The first-order chi connectivity index (χ1) is 5.97. The van der Waals surface area contributed by atoms with E-state index in [1.165, 1.54) is 0 Å². The minimum Gasteiger partial charge on any atom is 1.00 e. The molecule has 0 aliphatic carbocycles. The molecule has 0 aromatic heterocycles. The van der Waals surface area contributed by atoms with Crippen LogP contribution in [-0.4, -0.2) is 0 Å². The fourth-order valence-electron chi connectivity index (χ4n) is 0.265. The quantitative estimate of drug-likeness (QED) is 0.286. The van der Waals surface area contributed by atoms with Gasteiger partial charge in [-0.05, 0) is 0 Å². The topological polar surface area (TPSA) is 143 Å². The van der Waals surface area contributed by atoms with Crippen molar-refractivity contribution < 1.29 is 206 Å². The molecule has 0 spiro atoms. The van der Waals surface area contributed by atoms with E-state index in [0.717, 1.165) is 29.8 Å². The molecule has 1 radical (unpaired) electrons. The first-order valence-corrected chi connectivity index (χ1v) is 5.71. The molecule has 0 saturated heterocycles. The molecule has 0 aromatic carbocycles. The third-order valence-corrected chi connectivity index (χ3v) is 4.89. The molecule has 0 saturated carbocycles. The second-order valence-corrected chi connectivity index (χ2v) is 7.42. The maximum atomic E-state index is 8.58. The summed E-state index contributed by atoms with van der Waals surface area (Å²) in [6, 6.07) is 0. The summed E-state index contributed by atoms with van der Waals surface area (Å²) in [5.41, 5.74) is 0. The van der Waals surface area contributed by atoms with E-state index in [1.54, 1.807) is 0 Å². The van der Waals surface area contributed by atoms with Crippen molar-refractivity contribution in [2.45, 2.75) is 0 Å². The SMILES string of the molecule is N#[C][Fe-4]([C]#N)([C]#N)([C]#N)([C]#N)[C]#N.[Co+2].[Cs+].[K+].[Rb+]. The Balaban J connectivity index is -0.000000120. The standard InChI is InChI=1S/6CN.Co.Cs.Fe.K.Rb/c6*1-2;;;;;/q;;;;;;+2;+1;-4;2*+1. The molecule has 11 heteroatoms. The van der Waals surface area contributed by atoms with Crippen molar-refractivity contribution in [2.75, 3.05) is 0 Å². The maximum absolute atomic E-state index is 8.58. The van der Waals surface area contributed by atoms with Gasteiger partial charge in [0.1, 0.15) is 0 Å². The Labute approximate surface area is 258 Å². The largest absolute Gasteiger partial charge is 2.00 e. The second-order valence-electron chi connectivity index (χ2n) is 1.80. The normalized spacial score (nSPS) is 10.2. The van der Waals surface area contributed by atoms with Crippen LogP contribution < -0.4 is 178 Å². The van der Waals surface area contributed by atoms with Gasteiger partial charge < -0.3 is 0 Å². The number of nitriles is 6. The molecule has 0 aliphatic heterocycles. The van der Waals surface area contributed by atoms with Gasteiger partial charge in [-0.25, -0.2) is 0 Å². The van der Waals surface area contributed by atoms with E-state index in [0.29, 0.717) is 0 Å². The summed E-state index contributed by atoms with van der Waals surface area (Å²) in [5, 5.41) is 51.5. The Hall–Kier alpha value is 3.46. The third-order valence-electron chi connectivity index (χ3n) is 1.19. The van der Waals surface area contributed by atoms with Crippen LogP contribution in [0.4, 0.5) is 0 Å². The van der Waals surface area contributed by atoms with Gasteiger partial charge in [-0.1, -0.05) is 0 Å². The summed E-state index contributed by atoms with van der Waals surface area (Å²) >= 11 is 0. The molecule has 0 unspecified atom stereocenters. The van der Waals surface area contributed by atoms with Gasteiger partial charge in [-0.3, -0.25) is 0 Å². The molecule has 0 atom stereocenters. The Bertz CT molecular complexity index is 408. The van der Waals surface area contributed by atoms with Crippen molar-refractivity contribution in [3.63, 3.8) is 0 Å². The Morgan fingerprint density at radius 1 is 0.588 bits per heavy atom. The predicted molar refractivity (Wildman–Crippen MR) is 33.7 cm³/mol. The van der Waals surface area contributed by atoms with Gasteiger partial charge in [-0.2, -0.15) is 0 Å². The van der Waals surface area contributed by atoms with Crippen molar-refractivity contribution in [3.8, 4) is 29.8 Å². The number of rotatable bonds is 0. The van der Waals surface area contributed by atoms with Gasteiger partial charge in [0, 0.05) is 0 Å². The van der Waals surface area contributed by atoms with Crippen LogP contribution in [0, 0.1) is 61.4 Å². The zero-order chi connectivity index (χ0) is 10.7. The molecule has 0 amide bonds. The van der Waals surface area contributed by atoms with E-state index in [-0.39, 0.29) is 195 Å². The van der Waals surface area contributed by atoms with Crippen LogP contribution in [0.5, 0.6) is 0 Å². The van der Waals surface area contributed by atoms with Gasteiger partial charge in [0.15, 0.2) is 0 Å².